The van der Waals surface area contributed by atoms with Crippen LogP contribution in [0.4, 0.5) is 0 Å². The van der Waals surface area contributed by atoms with E-state index in [0.717, 1.165) is 65.9 Å². The predicted molar refractivity (Wildman–Crippen MR) is 184 cm³/mol. The fourth-order valence-electron chi connectivity index (χ4n) is 6.09. The van der Waals surface area contributed by atoms with Crippen LogP contribution < -0.4 is 10.9 Å². The third kappa shape index (κ3) is 6.63. The summed E-state index contributed by atoms with van der Waals surface area (Å²) in [4.78, 5) is 49.6. The van der Waals surface area contributed by atoms with Gasteiger partial charge in [0.05, 0.1) is 22.5 Å². The Kier molecular flexibility index (Phi) is 10.2. The number of carbonyl (C=O) groups excluding carboxylic acids is 2. The van der Waals surface area contributed by atoms with Crippen molar-refractivity contribution in [3.63, 3.8) is 0 Å². The van der Waals surface area contributed by atoms with Crippen LogP contribution in [0.1, 0.15) is 83.8 Å². The topological polar surface area (TPSA) is 84.3 Å². The number of hydrogen-bond donors (Lipinski definition) is 1. The number of nitrogens with one attached hydrogen (secondary N) is 1. The molecule has 2 aromatic heterocycles. The van der Waals surface area contributed by atoms with Gasteiger partial charge in [0.2, 0.25) is 0 Å². The molecule has 1 saturated heterocycles. The van der Waals surface area contributed by atoms with Crippen molar-refractivity contribution in [2.75, 3.05) is 20.1 Å². The van der Waals surface area contributed by atoms with Gasteiger partial charge < -0.3 is 10.2 Å². The number of nitrogens with zero attached hydrogens (tertiary/aromatic N) is 3. The smallest absolute Gasteiger partial charge is 0.265 e. The van der Waals surface area contributed by atoms with Gasteiger partial charge in [-0.25, -0.2) is 4.98 Å². The van der Waals surface area contributed by atoms with Gasteiger partial charge in [0.1, 0.15) is 9.88 Å². The second kappa shape index (κ2) is 14.1. The Morgan fingerprint density at radius 3 is 2.22 bits per heavy atom. The second-order valence-electron chi connectivity index (χ2n) is 11.9. The normalized spacial score (nSPS) is 13.4. The maximum Gasteiger partial charge on any atom is 0.265 e. The molecular weight excluding hydrogens is 604 g/mol. The van der Waals surface area contributed by atoms with Gasteiger partial charge in [-0.1, -0.05) is 69.6 Å². The average Bonchev–Trinajstić information content (AvgIpc) is 3.50. The Morgan fingerprint density at radius 2 is 1.64 bits per heavy atom. The van der Waals surface area contributed by atoms with Crippen LogP contribution >= 0.6 is 22.9 Å². The molecule has 0 atom stereocenters. The average molecular weight is 645 g/mol. The van der Waals surface area contributed by atoms with Crippen molar-refractivity contribution in [2.24, 2.45) is 5.92 Å². The van der Waals surface area contributed by atoms with Crippen molar-refractivity contribution in [2.45, 2.75) is 66.2 Å². The van der Waals surface area contributed by atoms with Crippen molar-refractivity contribution >= 4 is 34.8 Å². The summed E-state index contributed by atoms with van der Waals surface area (Å²) in [6.45, 7) is 9.78. The zero-order valence-electron chi connectivity index (χ0n) is 26.7. The Morgan fingerprint density at radius 1 is 1.00 bits per heavy atom. The third-order valence-corrected chi connectivity index (χ3v) is 9.71. The summed E-state index contributed by atoms with van der Waals surface area (Å²) in [7, 11) is 1.57. The van der Waals surface area contributed by atoms with Crippen LogP contribution in [-0.2, 0) is 19.3 Å². The van der Waals surface area contributed by atoms with Crippen molar-refractivity contribution in [3.8, 4) is 27.5 Å². The van der Waals surface area contributed by atoms with Crippen molar-refractivity contribution < 1.29 is 9.59 Å². The lowest BCUT2D eigenvalue weighted by atomic mass is 9.96. The summed E-state index contributed by atoms with van der Waals surface area (Å²) in [5.41, 5.74) is 5.44. The SMILES string of the molecule is CCc1cccc(CC)c1-n1c(CC(C)C)c(C(=O)N2CCCCC2)cc(-c2nc(-c3ccc(Cl)cc3)c(C(=O)NC)s2)c1=O. The molecule has 3 heterocycles. The number of pyridine rings is 1. The van der Waals surface area contributed by atoms with Crippen LogP contribution in [0.25, 0.3) is 27.5 Å². The maximum absolute atomic E-state index is 14.9. The van der Waals surface area contributed by atoms with Gasteiger partial charge >= 0.3 is 0 Å². The fourth-order valence-corrected chi connectivity index (χ4v) is 7.26. The van der Waals surface area contributed by atoms with Crippen molar-refractivity contribution in [3.05, 3.63) is 91.2 Å². The lowest BCUT2D eigenvalue weighted by Crippen LogP contribution is -2.38. The van der Waals surface area contributed by atoms with E-state index in [1.165, 1.54) is 0 Å². The molecule has 1 aliphatic heterocycles. The molecule has 7 nitrogen and oxygen atoms in total. The fraction of sp³-hybridized carbons (Fsp3) is 0.389. The van der Waals surface area contributed by atoms with Gasteiger partial charge in [-0.2, -0.15) is 0 Å². The van der Waals surface area contributed by atoms with E-state index in [1.807, 2.05) is 23.1 Å². The van der Waals surface area contributed by atoms with E-state index in [1.54, 1.807) is 29.8 Å². The van der Waals surface area contributed by atoms with E-state index >= 15 is 0 Å². The zero-order valence-corrected chi connectivity index (χ0v) is 28.3. The number of hydrogen-bond acceptors (Lipinski definition) is 5. The Bertz CT molecular complexity index is 1750. The molecule has 4 aromatic rings. The molecule has 0 aliphatic carbocycles. The molecule has 236 valence electrons. The van der Waals surface area contributed by atoms with Crippen LogP contribution in [0.3, 0.4) is 0 Å². The summed E-state index contributed by atoms with van der Waals surface area (Å²) in [6, 6.07) is 15.0. The van der Waals surface area contributed by atoms with Gasteiger partial charge in [0, 0.05) is 36.4 Å². The number of thiazole rings is 1. The van der Waals surface area contributed by atoms with Crippen LogP contribution in [0, 0.1) is 5.92 Å². The highest BCUT2D eigenvalue weighted by atomic mass is 35.5. The third-order valence-electron chi connectivity index (χ3n) is 8.38. The molecule has 0 saturated carbocycles. The van der Waals surface area contributed by atoms with E-state index in [4.69, 9.17) is 16.6 Å². The molecular formula is C36H41ClN4O3S. The number of carbonyl (C=O) groups is 2. The Hall–Kier alpha value is -3.75. The molecule has 0 bridgehead atoms. The highest BCUT2D eigenvalue weighted by Gasteiger charge is 2.29. The van der Waals surface area contributed by atoms with Crippen molar-refractivity contribution in [1.29, 1.82) is 0 Å². The van der Waals surface area contributed by atoms with Gasteiger partial charge in [-0.15, -0.1) is 11.3 Å². The van der Waals surface area contributed by atoms with Crippen molar-refractivity contribution in [1.82, 2.24) is 19.8 Å². The number of aryl methyl sites for hydroxylation is 2. The first kappa shape index (κ1) is 32.6. The highest BCUT2D eigenvalue weighted by molar-refractivity contribution is 7.17. The minimum absolute atomic E-state index is 0.0617. The Balaban J connectivity index is 1.86. The number of rotatable bonds is 9. The van der Waals surface area contributed by atoms with Gasteiger partial charge in [0.15, 0.2) is 0 Å². The van der Waals surface area contributed by atoms with E-state index in [2.05, 4.69) is 45.1 Å². The highest BCUT2D eigenvalue weighted by Crippen LogP contribution is 2.35. The number of halogens is 1. The minimum Gasteiger partial charge on any atom is -0.354 e. The molecule has 45 heavy (non-hydrogen) atoms. The molecule has 2 amide bonds. The number of aromatic nitrogens is 2. The van der Waals surface area contributed by atoms with E-state index in [9.17, 15) is 14.4 Å². The summed E-state index contributed by atoms with van der Waals surface area (Å²) in [6.07, 6.45) is 5.05. The molecule has 2 aromatic carbocycles. The molecule has 5 rings (SSSR count). The molecule has 0 spiro atoms. The largest absolute Gasteiger partial charge is 0.354 e. The molecule has 0 unspecified atom stereocenters. The molecule has 1 N–H and O–H groups in total. The first-order valence-electron chi connectivity index (χ1n) is 15.9. The first-order chi connectivity index (χ1) is 21.7. The number of piperidine rings is 1. The summed E-state index contributed by atoms with van der Waals surface area (Å²) < 4.78 is 1.80. The van der Waals surface area contributed by atoms with Crippen LogP contribution in [-0.4, -0.2) is 46.4 Å². The minimum atomic E-state index is -0.297. The lowest BCUT2D eigenvalue weighted by molar-refractivity contribution is 0.0722. The van der Waals surface area contributed by atoms with E-state index in [0.29, 0.717) is 56.8 Å². The van der Waals surface area contributed by atoms with Crippen LogP contribution in [0.5, 0.6) is 0 Å². The maximum atomic E-state index is 14.9. The van der Waals surface area contributed by atoms with Crippen LogP contribution in [0.2, 0.25) is 5.02 Å². The van der Waals surface area contributed by atoms with Gasteiger partial charge in [-0.05, 0) is 73.8 Å². The summed E-state index contributed by atoms with van der Waals surface area (Å²) in [5.74, 6) is -0.160. The van der Waals surface area contributed by atoms with E-state index < -0.39 is 0 Å². The first-order valence-corrected chi connectivity index (χ1v) is 17.1. The van der Waals surface area contributed by atoms with Gasteiger partial charge in [0.25, 0.3) is 17.4 Å². The quantitative estimate of drug-likeness (QED) is 0.203. The summed E-state index contributed by atoms with van der Waals surface area (Å²) in [5, 5.41) is 3.68. The number of para-hydroxylation sites is 1. The number of benzene rings is 2. The number of likely N-dealkylation sites (tertiary alicyclic amines) is 1. The second-order valence-corrected chi connectivity index (χ2v) is 13.4. The predicted octanol–water partition coefficient (Wildman–Crippen LogP) is 7.59. The molecule has 0 radical (unpaired) electrons. The molecule has 1 fully saturated rings. The molecule has 9 heteroatoms. The van der Waals surface area contributed by atoms with Gasteiger partial charge in [-0.3, -0.25) is 19.0 Å². The van der Waals surface area contributed by atoms with E-state index in [-0.39, 0.29) is 23.3 Å². The number of amides is 2. The Labute approximate surface area is 274 Å². The van der Waals surface area contributed by atoms with Crippen LogP contribution in [0.15, 0.2) is 53.3 Å². The lowest BCUT2D eigenvalue weighted by Gasteiger charge is -2.29. The standard InChI is InChI=1S/C36H41ClN4O3S/c1-6-23-12-11-13-24(7-2)31(23)41-29(20-22(3)4)27(35(43)40-18-9-8-10-19-40)21-28(36(41)44)34-39-30(32(45-34)33(42)38-5)25-14-16-26(37)17-15-25/h11-17,21-22H,6-10,18-20H2,1-5H3,(H,38,42). The monoisotopic (exact) mass is 644 g/mol. The molecule has 1 aliphatic rings. The summed E-state index contributed by atoms with van der Waals surface area (Å²) >= 11 is 7.32. The zero-order chi connectivity index (χ0) is 32.2.